The van der Waals surface area contributed by atoms with Crippen LogP contribution in [0.5, 0.6) is 0 Å². The van der Waals surface area contributed by atoms with Gasteiger partial charge >= 0.3 is 0 Å². The third-order valence-electron chi connectivity index (χ3n) is 3.27. The van der Waals surface area contributed by atoms with Crippen molar-refractivity contribution >= 4 is 23.6 Å². The molecule has 116 valence electrons. The Bertz CT molecular complexity index is 781. The summed E-state index contributed by atoms with van der Waals surface area (Å²) >= 11 is 5.61. The molecule has 0 heterocycles. The minimum Gasteiger partial charge on any atom is -0.345 e. The fourth-order valence-electron chi connectivity index (χ4n) is 2.02. The van der Waals surface area contributed by atoms with Crippen LogP contribution < -0.4 is 5.32 Å². The van der Waals surface area contributed by atoms with E-state index in [1.165, 1.54) is 24.3 Å². The summed E-state index contributed by atoms with van der Waals surface area (Å²) < 4.78 is 13.4. The topological polar surface area (TPSA) is 52.9 Å². The number of rotatable bonds is 4. The zero-order chi connectivity index (χ0) is 16.8. The highest BCUT2D eigenvalue weighted by molar-refractivity contribution is 6.30. The first-order chi connectivity index (χ1) is 11.0. The second-order valence-corrected chi connectivity index (χ2v) is 5.36. The van der Waals surface area contributed by atoms with Crippen molar-refractivity contribution in [3.05, 3.63) is 76.1 Å². The predicted molar refractivity (Wildman–Crippen MR) is 88.0 cm³/mol. The van der Waals surface area contributed by atoms with E-state index in [0.717, 1.165) is 5.56 Å². The van der Waals surface area contributed by atoms with Gasteiger partial charge in [-0.2, -0.15) is 5.26 Å². The van der Waals surface area contributed by atoms with E-state index in [0.29, 0.717) is 5.56 Å². The summed E-state index contributed by atoms with van der Waals surface area (Å²) in [6.45, 7) is 1.82. The summed E-state index contributed by atoms with van der Waals surface area (Å²) in [5.74, 6) is -1.12. The fraction of sp³-hybridized carbons (Fsp3) is 0.111. The first-order valence-electron chi connectivity index (χ1n) is 6.94. The first-order valence-corrected chi connectivity index (χ1v) is 7.31. The van der Waals surface area contributed by atoms with E-state index in [1.54, 1.807) is 0 Å². The van der Waals surface area contributed by atoms with Crippen LogP contribution in [-0.4, -0.2) is 5.91 Å². The van der Waals surface area contributed by atoms with Gasteiger partial charge in [0.1, 0.15) is 17.5 Å². The van der Waals surface area contributed by atoms with Gasteiger partial charge in [-0.1, -0.05) is 48.0 Å². The standard InChI is InChI=1S/C18H14ClFN2O/c1-12(14-5-3-2-4-6-14)22-18(23)15(11-21)9-13-7-8-16(19)17(20)10-13/h2-10,12H,1H3,(H,22,23)/b15-9-. The molecule has 2 aromatic rings. The van der Waals surface area contributed by atoms with E-state index >= 15 is 0 Å². The number of nitrogens with one attached hydrogen (secondary N) is 1. The van der Waals surface area contributed by atoms with Crippen molar-refractivity contribution in [2.45, 2.75) is 13.0 Å². The van der Waals surface area contributed by atoms with Crippen LogP contribution in [0.1, 0.15) is 24.1 Å². The molecule has 5 heteroatoms. The van der Waals surface area contributed by atoms with Crippen molar-refractivity contribution in [3.63, 3.8) is 0 Å². The molecular formula is C18H14ClFN2O. The maximum atomic E-state index is 13.4. The van der Waals surface area contributed by atoms with Gasteiger partial charge < -0.3 is 5.32 Å². The Morgan fingerprint density at radius 3 is 2.61 bits per heavy atom. The smallest absolute Gasteiger partial charge is 0.262 e. The van der Waals surface area contributed by atoms with Gasteiger partial charge in [0.2, 0.25) is 0 Å². The number of hydrogen-bond donors (Lipinski definition) is 1. The van der Waals surface area contributed by atoms with Gasteiger partial charge in [0.05, 0.1) is 11.1 Å². The average Bonchev–Trinajstić information content (AvgIpc) is 2.56. The first kappa shape index (κ1) is 16.7. The molecular weight excluding hydrogens is 315 g/mol. The largest absolute Gasteiger partial charge is 0.345 e. The van der Waals surface area contributed by atoms with Crippen molar-refractivity contribution in [2.75, 3.05) is 0 Å². The van der Waals surface area contributed by atoms with Gasteiger partial charge in [-0.3, -0.25) is 4.79 Å². The number of carbonyl (C=O) groups is 1. The maximum Gasteiger partial charge on any atom is 0.262 e. The van der Waals surface area contributed by atoms with Gasteiger partial charge in [-0.25, -0.2) is 4.39 Å². The van der Waals surface area contributed by atoms with Crippen LogP contribution in [0, 0.1) is 17.1 Å². The lowest BCUT2D eigenvalue weighted by molar-refractivity contribution is -0.117. The van der Waals surface area contributed by atoms with Crippen LogP contribution in [0.3, 0.4) is 0 Å². The summed E-state index contributed by atoms with van der Waals surface area (Å²) in [7, 11) is 0. The Kier molecular flexibility index (Phi) is 5.51. The highest BCUT2D eigenvalue weighted by Crippen LogP contribution is 2.18. The Labute approximate surface area is 139 Å². The quantitative estimate of drug-likeness (QED) is 0.673. The molecule has 0 bridgehead atoms. The van der Waals surface area contributed by atoms with Crippen molar-refractivity contribution < 1.29 is 9.18 Å². The van der Waals surface area contributed by atoms with Crippen LogP contribution in [-0.2, 0) is 4.79 Å². The molecule has 2 rings (SSSR count). The Morgan fingerprint density at radius 1 is 1.30 bits per heavy atom. The van der Waals surface area contributed by atoms with Crippen molar-refractivity contribution in [1.29, 1.82) is 5.26 Å². The van der Waals surface area contributed by atoms with Crippen LogP contribution in [0.25, 0.3) is 6.08 Å². The lowest BCUT2D eigenvalue weighted by atomic mass is 10.1. The van der Waals surface area contributed by atoms with Crippen LogP contribution >= 0.6 is 11.6 Å². The zero-order valence-electron chi connectivity index (χ0n) is 12.4. The van der Waals surface area contributed by atoms with E-state index in [-0.39, 0.29) is 16.6 Å². The third kappa shape index (κ3) is 4.41. The van der Waals surface area contributed by atoms with E-state index < -0.39 is 11.7 Å². The van der Waals surface area contributed by atoms with Crippen molar-refractivity contribution in [1.82, 2.24) is 5.32 Å². The summed E-state index contributed by atoms with van der Waals surface area (Å²) in [4.78, 5) is 12.2. The van der Waals surface area contributed by atoms with Crippen LogP contribution in [0.2, 0.25) is 5.02 Å². The molecule has 23 heavy (non-hydrogen) atoms. The number of amides is 1. The maximum absolute atomic E-state index is 13.4. The molecule has 0 aliphatic heterocycles. The molecule has 0 saturated heterocycles. The molecule has 3 nitrogen and oxygen atoms in total. The predicted octanol–water partition coefficient (Wildman–Crippen LogP) is 4.26. The molecule has 2 aromatic carbocycles. The van der Waals surface area contributed by atoms with Gasteiger partial charge in [0.15, 0.2) is 0 Å². The Morgan fingerprint density at radius 2 is 2.00 bits per heavy atom. The zero-order valence-corrected chi connectivity index (χ0v) is 13.1. The van der Waals surface area contributed by atoms with E-state index in [2.05, 4.69) is 5.32 Å². The van der Waals surface area contributed by atoms with E-state index in [9.17, 15) is 9.18 Å². The molecule has 0 radical (unpaired) electrons. The minimum absolute atomic E-state index is 0.0113. The number of nitriles is 1. The summed E-state index contributed by atoms with van der Waals surface area (Å²) in [6, 6.07) is 15.1. The molecule has 0 saturated carbocycles. The lowest BCUT2D eigenvalue weighted by Gasteiger charge is -2.13. The van der Waals surface area contributed by atoms with Crippen LogP contribution in [0.4, 0.5) is 4.39 Å². The number of benzene rings is 2. The molecule has 0 fully saturated rings. The summed E-state index contributed by atoms with van der Waals surface area (Å²) in [6.07, 6.45) is 1.33. The number of carbonyl (C=O) groups excluding carboxylic acids is 1. The Balaban J connectivity index is 2.17. The fourth-order valence-corrected chi connectivity index (χ4v) is 2.13. The second-order valence-electron chi connectivity index (χ2n) is 4.95. The average molecular weight is 329 g/mol. The molecule has 1 N–H and O–H groups in total. The molecule has 0 aliphatic carbocycles. The van der Waals surface area contributed by atoms with Gasteiger partial charge in [-0.05, 0) is 36.3 Å². The monoisotopic (exact) mass is 328 g/mol. The molecule has 0 aromatic heterocycles. The summed E-state index contributed by atoms with van der Waals surface area (Å²) in [5.41, 5.74) is 1.22. The normalized spacial score (nSPS) is 12.3. The number of hydrogen-bond acceptors (Lipinski definition) is 2. The highest BCUT2D eigenvalue weighted by atomic mass is 35.5. The van der Waals surface area contributed by atoms with Crippen molar-refractivity contribution in [3.8, 4) is 6.07 Å². The molecule has 0 spiro atoms. The van der Waals surface area contributed by atoms with Crippen molar-refractivity contribution in [2.24, 2.45) is 0 Å². The molecule has 1 atom stereocenters. The number of halogens is 2. The SMILES string of the molecule is CC(NC(=O)/C(C#N)=C\c1ccc(Cl)c(F)c1)c1ccccc1. The van der Waals surface area contributed by atoms with Gasteiger partial charge in [-0.15, -0.1) is 0 Å². The second kappa shape index (κ2) is 7.57. The molecule has 1 unspecified atom stereocenters. The number of nitrogens with zero attached hydrogens (tertiary/aromatic N) is 1. The third-order valence-corrected chi connectivity index (χ3v) is 3.57. The van der Waals surface area contributed by atoms with E-state index in [1.807, 2.05) is 43.3 Å². The van der Waals surface area contributed by atoms with E-state index in [4.69, 9.17) is 16.9 Å². The van der Waals surface area contributed by atoms with Gasteiger partial charge in [0, 0.05) is 0 Å². The van der Waals surface area contributed by atoms with Crippen LogP contribution in [0.15, 0.2) is 54.1 Å². The highest BCUT2D eigenvalue weighted by Gasteiger charge is 2.14. The Hall–Kier alpha value is -2.64. The lowest BCUT2D eigenvalue weighted by Crippen LogP contribution is -2.27. The minimum atomic E-state index is -0.601. The molecule has 0 aliphatic rings. The summed E-state index contributed by atoms with van der Waals surface area (Å²) in [5, 5.41) is 11.9. The molecule has 1 amide bonds. The van der Waals surface area contributed by atoms with Gasteiger partial charge in [0.25, 0.3) is 5.91 Å².